The van der Waals surface area contributed by atoms with Crippen molar-refractivity contribution in [3.63, 3.8) is 0 Å². The minimum Gasteiger partial charge on any atom is -0.461 e. The number of fused-ring (bicyclic) bond motifs is 13. The van der Waals surface area contributed by atoms with Gasteiger partial charge < -0.3 is 13.7 Å². The average Bonchev–Trinajstić information content (AvgIpc) is 3.92. The van der Waals surface area contributed by atoms with Gasteiger partial charge in [0.2, 0.25) is 0 Å². The normalized spacial score (nSPS) is 15.4. The lowest BCUT2D eigenvalue weighted by Gasteiger charge is -2.44. The summed E-state index contributed by atoms with van der Waals surface area (Å²) in [5.41, 5.74) is 15.2. The number of nitrogens with zero attached hydrogens (tertiary/aromatic N) is 1. The number of para-hydroxylation sites is 1. The minimum absolute atomic E-state index is 0.147. The van der Waals surface area contributed by atoms with Gasteiger partial charge in [-0.05, 0) is 97.7 Å². The van der Waals surface area contributed by atoms with Crippen molar-refractivity contribution in [2.45, 2.75) is 24.7 Å². The maximum Gasteiger partial charge on any atom is 0.174 e. The first kappa shape index (κ1) is 26.9. The third-order valence-electron chi connectivity index (χ3n) is 11.5. The molecule has 3 heteroatoms. The first-order valence-corrected chi connectivity index (χ1v) is 17.0. The van der Waals surface area contributed by atoms with Crippen molar-refractivity contribution in [3.8, 4) is 33.8 Å². The summed E-state index contributed by atoms with van der Waals surface area (Å²) < 4.78 is 12.4. The van der Waals surface area contributed by atoms with Crippen LogP contribution in [0.1, 0.15) is 47.2 Å². The van der Waals surface area contributed by atoms with Gasteiger partial charge in [-0.15, -0.1) is 0 Å². The standard InChI is InChI=1S/C46H31NO2/c1-45(2)35-15-6-5-13-33(35)34-26-40-42(27-39(34)45)47(30-20-18-29(19-21-30)32-14-9-11-28-10-3-4-12-31(28)32)41-17-8-7-16-36(41)46(40)37-22-24-48-43(37)44-38(46)23-25-49-44/h3-27H,1-2H3. The van der Waals surface area contributed by atoms with Crippen molar-refractivity contribution in [3.05, 3.63) is 185 Å². The highest BCUT2D eigenvalue weighted by Gasteiger charge is 2.55. The maximum atomic E-state index is 6.19. The van der Waals surface area contributed by atoms with Crippen LogP contribution in [0.2, 0.25) is 0 Å². The maximum absolute atomic E-state index is 6.19. The van der Waals surface area contributed by atoms with E-state index in [0.29, 0.717) is 0 Å². The van der Waals surface area contributed by atoms with Gasteiger partial charge >= 0.3 is 0 Å². The van der Waals surface area contributed by atoms with Crippen molar-refractivity contribution >= 4 is 27.8 Å². The van der Waals surface area contributed by atoms with E-state index in [1.807, 2.05) is 12.5 Å². The van der Waals surface area contributed by atoms with Gasteiger partial charge in [0.05, 0.1) is 29.3 Å². The summed E-state index contributed by atoms with van der Waals surface area (Å²) in [5.74, 6) is 1.63. The van der Waals surface area contributed by atoms with Crippen LogP contribution in [0.4, 0.5) is 17.1 Å². The first-order valence-electron chi connectivity index (χ1n) is 17.0. The van der Waals surface area contributed by atoms with Crippen molar-refractivity contribution in [2.24, 2.45) is 0 Å². The quantitative estimate of drug-likeness (QED) is 0.191. The monoisotopic (exact) mass is 629 g/mol. The van der Waals surface area contributed by atoms with Crippen molar-refractivity contribution in [2.75, 3.05) is 4.90 Å². The van der Waals surface area contributed by atoms with Gasteiger partial charge in [0.25, 0.3) is 0 Å². The molecule has 1 aliphatic heterocycles. The predicted molar refractivity (Wildman–Crippen MR) is 197 cm³/mol. The van der Waals surface area contributed by atoms with Gasteiger partial charge in [-0.2, -0.15) is 0 Å². The molecular weight excluding hydrogens is 599 g/mol. The molecule has 2 aliphatic carbocycles. The lowest BCUT2D eigenvalue weighted by atomic mass is 9.64. The lowest BCUT2D eigenvalue weighted by molar-refractivity contribution is 0.525. The fraction of sp³-hybridized carbons (Fsp3) is 0.0870. The number of hydrogen-bond donors (Lipinski definition) is 0. The van der Waals surface area contributed by atoms with Crippen molar-refractivity contribution < 1.29 is 8.83 Å². The molecule has 0 saturated carbocycles. The molecule has 0 unspecified atom stereocenters. The molecule has 0 fully saturated rings. The highest BCUT2D eigenvalue weighted by Crippen LogP contribution is 2.65. The molecule has 11 rings (SSSR count). The van der Waals surface area contributed by atoms with Gasteiger partial charge in [0.1, 0.15) is 0 Å². The largest absolute Gasteiger partial charge is 0.461 e. The fourth-order valence-electron chi connectivity index (χ4n) is 9.31. The molecule has 1 spiro atoms. The topological polar surface area (TPSA) is 29.5 Å². The molecule has 0 radical (unpaired) electrons. The summed E-state index contributed by atoms with van der Waals surface area (Å²) in [6.45, 7) is 4.72. The third-order valence-corrected chi connectivity index (χ3v) is 11.5. The van der Waals surface area contributed by atoms with E-state index in [9.17, 15) is 0 Å². The molecule has 0 atom stereocenters. The SMILES string of the molecule is CC1(C)c2ccccc2-c2cc3c(cc21)N(c1ccc(-c2cccc4ccccc24)cc1)c1ccccc1C31c2ccoc2-c2occc21. The molecular formula is C46H31NO2. The van der Waals surface area contributed by atoms with E-state index in [1.165, 1.54) is 61.0 Å². The average molecular weight is 630 g/mol. The van der Waals surface area contributed by atoms with E-state index in [1.54, 1.807) is 0 Å². The number of hydrogen-bond acceptors (Lipinski definition) is 3. The van der Waals surface area contributed by atoms with Crippen LogP contribution in [0.3, 0.4) is 0 Å². The van der Waals surface area contributed by atoms with Crippen LogP contribution in [-0.4, -0.2) is 0 Å². The van der Waals surface area contributed by atoms with E-state index < -0.39 is 5.41 Å². The van der Waals surface area contributed by atoms with Crippen LogP contribution in [0.5, 0.6) is 0 Å². The second kappa shape index (κ2) is 9.30. The van der Waals surface area contributed by atoms with Crippen molar-refractivity contribution in [1.82, 2.24) is 0 Å². The summed E-state index contributed by atoms with van der Waals surface area (Å²) in [6, 6.07) is 51.3. The molecule has 0 bridgehead atoms. The molecule has 2 aromatic heterocycles. The van der Waals surface area contributed by atoms with Gasteiger partial charge in [0, 0.05) is 22.2 Å². The summed E-state index contributed by atoms with van der Waals surface area (Å²) in [6.07, 6.45) is 3.62. The van der Waals surface area contributed by atoms with Gasteiger partial charge in [-0.25, -0.2) is 0 Å². The molecule has 0 saturated heterocycles. The highest BCUT2D eigenvalue weighted by atomic mass is 16.4. The zero-order chi connectivity index (χ0) is 32.5. The number of benzene rings is 6. The van der Waals surface area contributed by atoms with Crippen LogP contribution in [-0.2, 0) is 10.8 Å². The number of furan rings is 2. The van der Waals surface area contributed by atoms with Crippen LogP contribution in [0, 0.1) is 0 Å². The van der Waals surface area contributed by atoms with E-state index in [0.717, 1.165) is 34.0 Å². The molecule has 6 aromatic carbocycles. The van der Waals surface area contributed by atoms with E-state index in [-0.39, 0.29) is 5.41 Å². The summed E-state index contributed by atoms with van der Waals surface area (Å²) in [7, 11) is 0. The molecule has 232 valence electrons. The fourth-order valence-corrected chi connectivity index (χ4v) is 9.31. The van der Waals surface area contributed by atoms with E-state index in [4.69, 9.17) is 8.83 Å². The first-order chi connectivity index (χ1) is 24.1. The summed E-state index contributed by atoms with van der Waals surface area (Å²) >= 11 is 0. The Balaban J connectivity index is 1.20. The predicted octanol–water partition coefficient (Wildman–Crippen LogP) is 12.1. The molecule has 3 nitrogen and oxygen atoms in total. The Bertz CT molecular complexity index is 2610. The van der Waals surface area contributed by atoms with E-state index in [2.05, 4.69) is 158 Å². The second-order valence-corrected chi connectivity index (χ2v) is 14.1. The zero-order valence-electron chi connectivity index (χ0n) is 27.2. The number of anilines is 3. The van der Waals surface area contributed by atoms with E-state index >= 15 is 0 Å². The summed E-state index contributed by atoms with van der Waals surface area (Å²) in [5, 5.41) is 2.51. The third kappa shape index (κ3) is 3.27. The van der Waals surface area contributed by atoms with Crippen LogP contribution in [0.15, 0.2) is 161 Å². The van der Waals surface area contributed by atoms with Crippen molar-refractivity contribution in [1.29, 1.82) is 0 Å². The number of rotatable bonds is 2. The molecule has 3 aliphatic rings. The smallest absolute Gasteiger partial charge is 0.174 e. The Morgan fingerprint density at radius 1 is 0.469 bits per heavy atom. The second-order valence-electron chi connectivity index (χ2n) is 14.1. The zero-order valence-corrected chi connectivity index (χ0v) is 27.2. The Morgan fingerprint density at radius 3 is 1.92 bits per heavy atom. The van der Waals surface area contributed by atoms with Crippen LogP contribution in [0.25, 0.3) is 44.5 Å². The Kier molecular flexibility index (Phi) is 5.11. The van der Waals surface area contributed by atoms with Gasteiger partial charge in [-0.1, -0.05) is 111 Å². The molecule has 8 aromatic rings. The molecule has 0 amide bonds. The Hall–Kier alpha value is -6.06. The molecule has 3 heterocycles. The Labute approximate surface area is 284 Å². The van der Waals surface area contributed by atoms with Gasteiger partial charge in [0.15, 0.2) is 11.5 Å². The lowest BCUT2D eigenvalue weighted by Crippen LogP contribution is -2.36. The van der Waals surface area contributed by atoms with Crippen LogP contribution < -0.4 is 4.90 Å². The summed E-state index contributed by atoms with van der Waals surface area (Å²) in [4.78, 5) is 2.47. The Morgan fingerprint density at radius 2 is 1.12 bits per heavy atom. The van der Waals surface area contributed by atoms with Gasteiger partial charge in [-0.3, -0.25) is 0 Å². The molecule has 49 heavy (non-hydrogen) atoms. The molecule has 0 N–H and O–H groups in total. The van der Waals surface area contributed by atoms with Crippen LogP contribution >= 0.6 is 0 Å². The highest BCUT2D eigenvalue weighted by molar-refractivity contribution is 5.99. The minimum atomic E-state index is -0.591.